The number of carboxylic acid groups (broad SMARTS) is 1. The van der Waals surface area contributed by atoms with Crippen molar-refractivity contribution in [3.05, 3.63) is 69.8 Å². The summed E-state index contributed by atoms with van der Waals surface area (Å²) < 4.78 is 35.8. The number of benzene rings is 2. The van der Waals surface area contributed by atoms with Crippen LogP contribution < -0.4 is 14.8 Å². The number of rotatable bonds is 9. The standard InChI is InChI=1S/C33H41ClN2O6S/c1-20(17-43(35,39)40)24-12-25(13-24)31(41-2)27-8-5-23(27)16-36-18-33(11-3-4-21-14-26(34)7-9-28(21)33)19-42-30-10-6-22(32(37)38)15-29(30)36/h6-7,9-10,12,14-15,20,23-24,27,31H,3-5,8,11,13,16-19H2,1-2H3,(H,37,38)(H2,35,39,40)/t20-,23+,24?,27-,31+,33+/m1/s1. The van der Waals surface area contributed by atoms with E-state index in [4.69, 9.17) is 26.2 Å². The Kier molecular flexibility index (Phi) is 8.30. The predicted octanol–water partition coefficient (Wildman–Crippen LogP) is 5.42. The predicted molar refractivity (Wildman–Crippen MR) is 168 cm³/mol. The first-order valence-electron chi connectivity index (χ1n) is 15.2. The lowest BCUT2D eigenvalue weighted by Gasteiger charge is -2.48. The Labute approximate surface area is 259 Å². The van der Waals surface area contributed by atoms with E-state index in [2.05, 4.69) is 23.1 Å². The van der Waals surface area contributed by atoms with Crippen LogP contribution in [0.2, 0.25) is 5.02 Å². The van der Waals surface area contributed by atoms with Crippen LogP contribution in [0.3, 0.4) is 0 Å². The molecular weight excluding hydrogens is 588 g/mol. The highest BCUT2D eigenvalue weighted by Crippen LogP contribution is 2.49. The molecule has 1 aliphatic heterocycles. The second-order valence-electron chi connectivity index (χ2n) is 13.2. The van der Waals surface area contributed by atoms with Crippen molar-refractivity contribution in [2.45, 2.75) is 57.0 Å². The van der Waals surface area contributed by atoms with E-state index < -0.39 is 16.0 Å². The number of fused-ring (bicyclic) bond motifs is 3. The van der Waals surface area contributed by atoms with Gasteiger partial charge in [-0.1, -0.05) is 30.7 Å². The van der Waals surface area contributed by atoms with Gasteiger partial charge in [0.05, 0.1) is 29.7 Å². The van der Waals surface area contributed by atoms with Crippen molar-refractivity contribution in [2.75, 3.05) is 37.5 Å². The lowest BCUT2D eigenvalue weighted by molar-refractivity contribution is -0.000283. The lowest BCUT2D eigenvalue weighted by Crippen LogP contribution is -2.50. The number of aryl methyl sites for hydroxylation is 1. The van der Waals surface area contributed by atoms with Crippen molar-refractivity contribution in [1.82, 2.24) is 0 Å². The number of carboxylic acids is 1. The van der Waals surface area contributed by atoms with Crippen molar-refractivity contribution in [1.29, 1.82) is 0 Å². The summed E-state index contributed by atoms with van der Waals surface area (Å²) in [7, 11) is -1.75. The lowest BCUT2D eigenvalue weighted by atomic mass is 9.64. The quantitative estimate of drug-likeness (QED) is 0.356. The first-order valence-corrected chi connectivity index (χ1v) is 17.3. The molecule has 232 valence electrons. The number of sulfonamides is 1. The summed E-state index contributed by atoms with van der Waals surface area (Å²) in [6.45, 7) is 3.96. The number of hydrogen-bond acceptors (Lipinski definition) is 6. The van der Waals surface area contributed by atoms with Gasteiger partial charge in [-0.3, -0.25) is 0 Å². The van der Waals surface area contributed by atoms with Gasteiger partial charge in [0.15, 0.2) is 0 Å². The maximum atomic E-state index is 12.0. The van der Waals surface area contributed by atoms with Crippen LogP contribution in [-0.2, 0) is 26.6 Å². The van der Waals surface area contributed by atoms with Gasteiger partial charge in [-0.2, -0.15) is 0 Å². The number of allylic oxidation sites excluding steroid dienone is 1. The number of halogens is 1. The largest absolute Gasteiger partial charge is 0.490 e. The zero-order valence-corrected chi connectivity index (χ0v) is 26.4. The normalized spacial score (nSPS) is 27.9. The molecule has 43 heavy (non-hydrogen) atoms. The molecule has 3 N–H and O–H groups in total. The van der Waals surface area contributed by atoms with Gasteiger partial charge >= 0.3 is 5.97 Å². The molecule has 1 heterocycles. The van der Waals surface area contributed by atoms with E-state index in [1.807, 2.05) is 13.0 Å². The number of nitrogens with two attached hydrogens (primary N) is 1. The molecule has 0 radical (unpaired) electrons. The summed E-state index contributed by atoms with van der Waals surface area (Å²) in [6.07, 6.45) is 8.12. The fourth-order valence-electron chi connectivity index (χ4n) is 7.93. The number of nitrogens with zero attached hydrogens (tertiary/aromatic N) is 1. The molecule has 3 aliphatic carbocycles. The average molecular weight is 629 g/mol. The first-order chi connectivity index (χ1) is 20.5. The highest BCUT2D eigenvalue weighted by atomic mass is 35.5. The number of methoxy groups -OCH3 is 1. The molecule has 0 amide bonds. The van der Waals surface area contributed by atoms with Crippen LogP contribution in [0.4, 0.5) is 5.69 Å². The molecule has 8 nitrogen and oxygen atoms in total. The SMILES string of the molecule is CO[C@@H](C1=CC([C@H](C)CS(N)(=O)=O)C1)[C@@H]1CC[C@H]1CN1C[C@@]2(CCCc3cc(Cl)ccc32)COc2ccc(C(=O)O)cc21. The summed E-state index contributed by atoms with van der Waals surface area (Å²) in [5, 5.41) is 15.8. The maximum Gasteiger partial charge on any atom is 0.335 e. The van der Waals surface area contributed by atoms with Gasteiger partial charge in [-0.25, -0.2) is 18.4 Å². The molecule has 0 aromatic heterocycles. The average Bonchev–Trinajstić information content (AvgIpc) is 3.05. The van der Waals surface area contributed by atoms with E-state index in [1.165, 1.54) is 16.7 Å². The van der Waals surface area contributed by atoms with Crippen LogP contribution >= 0.6 is 11.6 Å². The highest BCUT2D eigenvalue weighted by Gasteiger charge is 2.46. The molecule has 1 saturated carbocycles. The van der Waals surface area contributed by atoms with Gasteiger partial charge in [0.2, 0.25) is 10.0 Å². The van der Waals surface area contributed by atoms with Crippen molar-refractivity contribution >= 4 is 33.3 Å². The summed E-state index contributed by atoms with van der Waals surface area (Å²) in [5.41, 5.74) is 4.63. The van der Waals surface area contributed by atoms with Gasteiger partial charge in [0, 0.05) is 30.6 Å². The van der Waals surface area contributed by atoms with Crippen LogP contribution in [0.15, 0.2) is 48.0 Å². The molecule has 1 unspecified atom stereocenters. The van der Waals surface area contributed by atoms with Gasteiger partial charge < -0.3 is 19.5 Å². The van der Waals surface area contributed by atoms with Gasteiger partial charge in [0.25, 0.3) is 0 Å². The summed E-state index contributed by atoms with van der Waals surface area (Å²) in [4.78, 5) is 14.3. The Hall–Kier alpha value is -2.59. The number of hydrogen-bond donors (Lipinski definition) is 2. The number of primary sulfonamides is 1. The van der Waals surface area contributed by atoms with Crippen LogP contribution in [0.25, 0.3) is 0 Å². The fraction of sp³-hybridized carbons (Fsp3) is 0.545. The molecule has 0 saturated heterocycles. The molecular formula is C33H41ClN2O6S. The maximum absolute atomic E-state index is 12.0. The third kappa shape index (κ3) is 6.06. The minimum Gasteiger partial charge on any atom is -0.490 e. The van der Waals surface area contributed by atoms with Crippen molar-refractivity contribution in [2.24, 2.45) is 28.8 Å². The third-order valence-electron chi connectivity index (χ3n) is 10.3. The molecule has 6 rings (SSSR count). The van der Waals surface area contributed by atoms with E-state index in [0.29, 0.717) is 18.4 Å². The van der Waals surface area contributed by atoms with Crippen LogP contribution in [0, 0.1) is 23.7 Å². The molecule has 1 spiro atoms. The van der Waals surface area contributed by atoms with Crippen LogP contribution in [0.1, 0.15) is 60.5 Å². The monoisotopic (exact) mass is 628 g/mol. The summed E-state index contributed by atoms with van der Waals surface area (Å²) in [5.74, 6) is 0.588. The van der Waals surface area contributed by atoms with Crippen molar-refractivity contribution < 1.29 is 27.8 Å². The third-order valence-corrected chi connectivity index (χ3v) is 11.6. The van der Waals surface area contributed by atoms with Crippen molar-refractivity contribution in [3.8, 4) is 5.75 Å². The zero-order chi connectivity index (χ0) is 30.5. The second-order valence-corrected chi connectivity index (χ2v) is 15.3. The second kappa shape index (κ2) is 11.7. The summed E-state index contributed by atoms with van der Waals surface area (Å²) >= 11 is 6.39. The molecule has 10 heteroatoms. The molecule has 4 aliphatic rings. The Morgan fingerprint density at radius 1 is 1.26 bits per heavy atom. The molecule has 2 aromatic rings. The summed E-state index contributed by atoms with van der Waals surface area (Å²) in [6, 6.07) is 11.4. The highest BCUT2D eigenvalue weighted by molar-refractivity contribution is 7.89. The van der Waals surface area contributed by atoms with Gasteiger partial charge in [-0.05, 0) is 109 Å². The van der Waals surface area contributed by atoms with Crippen LogP contribution in [0.5, 0.6) is 5.75 Å². The molecule has 2 aromatic carbocycles. The molecule has 1 fully saturated rings. The Balaban J connectivity index is 1.27. The number of anilines is 1. The smallest absolute Gasteiger partial charge is 0.335 e. The molecule has 0 bridgehead atoms. The van der Waals surface area contributed by atoms with E-state index in [0.717, 1.165) is 68.1 Å². The van der Waals surface area contributed by atoms with Gasteiger partial charge in [0.1, 0.15) is 5.75 Å². The van der Waals surface area contributed by atoms with Crippen LogP contribution in [-0.4, -0.2) is 58.2 Å². The van der Waals surface area contributed by atoms with E-state index in [9.17, 15) is 18.3 Å². The molecule has 6 atom stereocenters. The number of ether oxygens (including phenoxy) is 2. The minimum absolute atomic E-state index is 0.0169. The Morgan fingerprint density at radius 2 is 2.05 bits per heavy atom. The number of aromatic carboxylic acids is 1. The van der Waals surface area contributed by atoms with E-state index >= 15 is 0 Å². The Bertz CT molecular complexity index is 1540. The fourth-order valence-corrected chi connectivity index (χ4v) is 9.11. The van der Waals surface area contributed by atoms with E-state index in [-0.39, 0.29) is 34.7 Å². The Morgan fingerprint density at radius 3 is 2.72 bits per heavy atom. The van der Waals surface area contributed by atoms with Gasteiger partial charge in [-0.15, -0.1) is 0 Å². The van der Waals surface area contributed by atoms with E-state index in [1.54, 1.807) is 25.3 Å². The topological polar surface area (TPSA) is 119 Å². The zero-order valence-electron chi connectivity index (χ0n) is 24.8. The van der Waals surface area contributed by atoms with Crippen molar-refractivity contribution in [3.63, 3.8) is 0 Å². The minimum atomic E-state index is -3.51. The number of carbonyl (C=O) groups is 1. The first kappa shape index (κ1) is 30.4.